The fourth-order valence-electron chi connectivity index (χ4n) is 2.41. The Hall–Kier alpha value is -2.61. The molecule has 0 bridgehead atoms. The third-order valence-electron chi connectivity index (χ3n) is 3.54. The summed E-state index contributed by atoms with van der Waals surface area (Å²) in [5.74, 6) is 0.594. The van der Waals surface area contributed by atoms with Crippen molar-refractivity contribution < 1.29 is 0 Å². The molecule has 1 atom stereocenters. The van der Waals surface area contributed by atoms with Gasteiger partial charge in [0, 0.05) is 5.92 Å². The zero-order valence-corrected chi connectivity index (χ0v) is 11.8. The Bertz CT molecular complexity index is 708. The molecule has 2 heteroatoms. The van der Waals surface area contributed by atoms with Crippen LogP contribution in [0.4, 0.5) is 0 Å². The zero-order valence-electron chi connectivity index (χ0n) is 11.8. The van der Waals surface area contributed by atoms with Gasteiger partial charge < -0.3 is 4.98 Å². The predicted molar refractivity (Wildman–Crippen MR) is 88.2 cm³/mol. The first-order valence-corrected chi connectivity index (χ1v) is 7.20. The van der Waals surface area contributed by atoms with E-state index in [-0.39, 0.29) is 0 Å². The molecule has 104 valence electrons. The molecule has 0 radical (unpaired) electrons. The largest absolute Gasteiger partial charge is 0.345 e. The molecule has 4 rings (SSSR count). The third-order valence-corrected chi connectivity index (χ3v) is 3.54. The van der Waals surface area contributed by atoms with Crippen molar-refractivity contribution in [3.63, 3.8) is 0 Å². The molecule has 0 amide bonds. The number of nitrogens with one attached hydrogen (secondary N) is 1. The molecule has 0 saturated heterocycles. The van der Waals surface area contributed by atoms with Crippen LogP contribution in [0.2, 0.25) is 0 Å². The van der Waals surface area contributed by atoms with Crippen LogP contribution in [-0.4, -0.2) is 9.97 Å². The van der Waals surface area contributed by atoms with Crippen molar-refractivity contribution in [1.82, 2.24) is 9.97 Å². The lowest BCUT2D eigenvalue weighted by Gasteiger charge is -2.12. The molecule has 1 heterocycles. The van der Waals surface area contributed by atoms with E-state index in [0.717, 1.165) is 17.5 Å². The minimum atomic E-state index is 0.594. The van der Waals surface area contributed by atoms with Crippen molar-refractivity contribution in [1.29, 1.82) is 0 Å². The Labute approximate surface area is 124 Å². The summed E-state index contributed by atoms with van der Waals surface area (Å²) in [6.07, 6.45) is 11.6. The van der Waals surface area contributed by atoms with Crippen molar-refractivity contribution in [3.8, 4) is 0 Å². The van der Waals surface area contributed by atoms with Crippen LogP contribution in [0, 0.1) is 0 Å². The van der Waals surface area contributed by atoms with E-state index in [0.29, 0.717) is 5.92 Å². The van der Waals surface area contributed by atoms with Crippen LogP contribution >= 0.6 is 0 Å². The van der Waals surface area contributed by atoms with E-state index in [4.69, 9.17) is 0 Å². The number of benzene rings is 2. The minimum Gasteiger partial charge on any atom is -0.345 e. The maximum atomic E-state index is 4.06. The molecular weight excluding hydrogens is 256 g/mol. The van der Waals surface area contributed by atoms with Crippen molar-refractivity contribution in [2.24, 2.45) is 0 Å². The van der Waals surface area contributed by atoms with Gasteiger partial charge in [-0.25, -0.2) is 4.98 Å². The number of nitrogens with zero attached hydrogens (tertiary/aromatic N) is 1. The monoisotopic (exact) mass is 274 g/mol. The summed E-state index contributed by atoms with van der Waals surface area (Å²) in [6.45, 7) is 0. The smallest absolute Gasteiger partial charge is 0.0931 e. The molecule has 0 fully saturated rings. The number of fused-ring (bicyclic) bond motifs is 1. The third kappa shape index (κ3) is 3.48. The van der Waals surface area contributed by atoms with E-state index >= 15 is 0 Å². The first kappa shape index (κ1) is 13.4. The summed E-state index contributed by atoms with van der Waals surface area (Å²) >= 11 is 0. The number of para-hydroxylation sites is 2. The van der Waals surface area contributed by atoms with Crippen molar-refractivity contribution in [3.05, 3.63) is 90.8 Å². The number of aromatic amines is 1. The average Bonchev–Trinajstić information content (AvgIpc) is 3.06. The first-order chi connectivity index (χ1) is 10.4. The number of rotatable bonds is 1. The number of hydrogen-bond donors (Lipinski definition) is 1. The molecule has 0 saturated carbocycles. The van der Waals surface area contributed by atoms with Crippen LogP contribution in [0.25, 0.3) is 11.0 Å². The fourth-order valence-corrected chi connectivity index (χ4v) is 2.41. The second-order valence-electron chi connectivity index (χ2n) is 4.99. The van der Waals surface area contributed by atoms with Crippen LogP contribution < -0.4 is 0 Å². The summed E-state index contributed by atoms with van der Waals surface area (Å²) in [4.78, 5) is 7.07. The molecule has 1 aliphatic carbocycles. The summed E-state index contributed by atoms with van der Waals surface area (Å²) < 4.78 is 0. The lowest BCUT2D eigenvalue weighted by atomic mass is 9.93. The molecule has 1 aliphatic rings. The zero-order chi connectivity index (χ0) is 14.3. The topological polar surface area (TPSA) is 28.7 Å². The van der Waals surface area contributed by atoms with E-state index in [1.807, 2.05) is 24.3 Å². The van der Waals surface area contributed by atoms with Gasteiger partial charge in [-0.3, -0.25) is 0 Å². The van der Waals surface area contributed by atoms with Crippen LogP contribution in [0.3, 0.4) is 0 Å². The minimum absolute atomic E-state index is 0.594. The van der Waals surface area contributed by atoms with Crippen LogP contribution in [0.5, 0.6) is 0 Å². The highest BCUT2D eigenvalue weighted by Crippen LogP contribution is 2.23. The van der Waals surface area contributed by atoms with Crippen LogP contribution in [0.15, 0.2) is 85.2 Å². The Morgan fingerprint density at radius 3 is 2.48 bits per heavy atom. The summed E-state index contributed by atoms with van der Waals surface area (Å²) in [5, 5.41) is 0. The van der Waals surface area contributed by atoms with Crippen LogP contribution in [0.1, 0.15) is 17.9 Å². The van der Waals surface area contributed by atoms with Gasteiger partial charge in [-0.1, -0.05) is 66.8 Å². The molecule has 2 aromatic carbocycles. The quantitative estimate of drug-likeness (QED) is 0.675. The van der Waals surface area contributed by atoms with Gasteiger partial charge in [0.25, 0.3) is 0 Å². The summed E-state index contributed by atoms with van der Waals surface area (Å²) in [5.41, 5.74) is 3.54. The number of imidazole rings is 1. The van der Waals surface area contributed by atoms with Crippen molar-refractivity contribution in [2.75, 3.05) is 0 Å². The molecule has 2 nitrogen and oxygen atoms in total. The first-order valence-electron chi connectivity index (χ1n) is 7.20. The van der Waals surface area contributed by atoms with Gasteiger partial charge in [-0.2, -0.15) is 0 Å². The average molecular weight is 274 g/mol. The number of hydrogen-bond acceptors (Lipinski definition) is 1. The molecule has 1 aromatic heterocycles. The lowest BCUT2D eigenvalue weighted by molar-refractivity contribution is 0.854. The standard InChI is InChI=1S/C12H12.C7H6N2/c1-3-7-11(8-4-1)12-9-5-2-6-10-12;1-2-4-7-6(3-1)8-5-9-7/h1-9,12H,10H2;1-5H,(H,8,9). The van der Waals surface area contributed by atoms with E-state index in [9.17, 15) is 0 Å². The SMILES string of the molecule is C1=CCC(c2ccccc2)C=C1.c1ccc2[nH]cnc2c1. The van der Waals surface area contributed by atoms with Crippen LogP contribution in [-0.2, 0) is 0 Å². The maximum Gasteiger partial charge on any atom is 0.0931 e. The van der Waals surface area contributed by atoms with E-state index in [1.54, 1.807) is 6.33 Å². The van der Waals surface area contributed by atoms with Crippen molar-refractivity contribution >= 4 is 11.0 Å². The van der Waals surface area contributed by atoms with Crippen molar-refractivity contribution in [2.45, 2.75) is 12.3 Å². The highest BCUT2D eigenvalue weighted by atomic mass is 14.9. The van der Waals surface area contributed by atoms with Gasteiger partial charge in [-0.15, -0.1) is 0 Å². The molecule has 1 N–H and O–H groups in total. The van der Waals surface area contributed by atoms with E-state index < -0.39 is 0 Å². The lowest BCUT2D eigenvalue weighted by Crippen LogP contribution is -1.94. The number of H-pyrrole nitrogens is 1. The fraction of sp³-hybridized carbons (Fsp3) is 0.105. The Kier molecular flexibility index (Phi) is 4.27. The molecule has 3 aromatic rings. The normalized spacial score (nSPS) is 16.5. The van der Waals surface area contributed by atoms with Gasteiger partial charge >= 0.3 is 0 Å². The van der Waals surface area contributed by atoms with Gasteiger partial charge in [0.2, 0.25) is 0 Å². The van der Waals surface area contributed by atoms with E-state index in [1.165, 1.54) is 5.56 Å². The predicted octanol–water partition coefficient (Wildman–Crippen LogP) is 4.85. The molecule has 1 unspecified atom stereocenters. The molecule has 21 heavy (non-hydrogen) atoms. The highest BCUT2D eigenvalue weighted by Gasteiger charge is 2.06. The molecular formula is C19H18N2. The summed E-state index contributed by atoms with van der Waals surface area (Å²) in [7, 11) is 0. The highest BCUT2D eigenvalue weighted by molar-refractivity contribution is 5.73. The molecule has 0 aliphatic heterocycles. The van der Waals surface area contributed by atoms with Gasteiger partial charge in [0.15, 0.2) is 0 Å². The second-order valence-corrected chi connectivity index (χ2v) is 4.99. The molecule has 0 spiro atoms. The van der Waals surface area contributed by atoms with Gasteiger partial charge in [0.1, 0.15) is 0 Å². The van der Waals surface area contributed by atoms with Gasteiger partial charge in [-0.05, 0) is 24.1 Å². The van der Waals surface area contributed by atoms with Gasteiger partial charge in [0.05, 0.1) is 17.4 Å². The second kappa shape index (κ2) is 6.71. The number of allylic oxidation sites excluding steroid dienone is 4. The summed E-state index contributed by atoms with van der Waals surface area (Å²) in [6, 6.07) is 18.6. The Balaban J connectivity index is 0.000000131. The Morgan fingerprint density at radius 2 is 1.71 bits per heavy atom. The Morgan fingerprint density at radius 1 is 0.905 bits per heavy atom. The maximum absolute atomic E-state index is 4.06. The number of aromatic nitrogens is 2. The van der Waals surface area contributed by atoms with E-state index in [2.05, 4.69) is 64.6 Å².